The normalized spacial score (nSPS) is 11.6. The van der Waals surface area contributed by atoms with E-state index < -0.39 is 5.92 Å². The third-order valence-corrected chi connectivity index (χ3v) is 4.24. The van der Waals surface area contributed by atoms with Gasteiger partial charge in [0.1, 0.15) is 11.7 Å². The van der Waals surface area contributed by atoms with Gasteiger partial charge >= 0.3 is 0 Å². The minimum atomic E-state index is -0.705. The van der Waals surface area contributed by atoms with Crippen molar-refractivity contribution in [2.75, 3.05) is 7.11 Å². The van der Waals surface area contributed by atoms with E-state index in [9.17, 15) is 10.1 Å². The second kappa shape index (κ2) is 7.61. The van der Waals surface area contributed by atoms with E-state index in [1.165, 1.54) is 4.88 Å². The number of thiophene rings is 1. The van der Waals surface area contributed by atoms with Crippen LogP contribution in [0.25, 0.3) is 0 Å². The van der Waals surface area contributed by atoms with Gasteiger partial charge in [-0.05, 0) is 42.0 Å². The van der Waals surface area contributed by atoms with Crippen LogP contribution >= 0.6 is 11.3 Å². The fourth-order valence-corrected chi connectivity index (χ4v) is 2.94. The number of Topliss-reactive ketones (excluding diaryl/α,β-unsaturated/α-hetero) is 1. The molecule has 21 heavy (non-hydrogen) atoms. The van der Waals surface area contributed by atoms with Gasteiger partial charge in [0, 0.05) is 11.3 Å². The van der Waals surface area contributed by atoms with Crippen molar-refractivity contribution >= 4 is 17.1 Å². The summed E-state index contributed by atoms with van der Waals surface area (Å²) < 4.78 is 5.14. The number of carbonyl (C=O) groups excluding carboxylic acids is 1. The second-order valence-corrected chi connectivity index (χ2v) is 5.77. The summed E-state index contributed by atoms with van der Waals surface area (Å²) in [7, 11) is 1.57. The molecule has 2 rings (SSSR count). The van der Waals surface area contributed by atoms with Crippen LogP contribution in [-0.2, 0) is 11.2 Å². The summed E-state index contributed by atoms with van der Waals surface area (Å²) in [5, 5.41) is 11.3. The Bertz CT molecular complexity index is 628. The second-order valence-electron chi connectivity index (χ2n) is 4.74. The highest BCUT2D eigenvalue weighted by molar-refractivity contribution is 7.09. The number of aryl methyl sites for hydroxylation is 1. The quantitative estimate of drug-likeness (QED) is 0.777. The summed E-state index contributed by atoms with van der Waals surface area (Å²) in [5.41, 5.74) is 0.706. The molecular weight excluding hydrogens is 282 g/mol. The molecule has 1 unspecified atom stereocenters. The minimum absolute atomic E-state index is 0.0256. The van der Waals surface area contributed by atoms with Crippen LogP contribution in [0.15, 0.2) is 41.8 Å². The van der Waals surface area contributed by atoms with Crippen LogP contribution in [0.4, 0.5) is 0 Å². The maximum absolute atomic E-state index is 12.2. The first kappa shape index (κ1) is 15.3. The van der Waals surface area contributed by atoms with Gasteiger partial charge in [0.2, 0.25) is 0 Å². The van der Waals surface area contributed by atoms with E-state index in [-0.39, 0.29) is 5.78 Å². The van der Waals surface area contributed by atoms with Crippen LogP contribution in [-0.4, -0.2) is 12.9 Å². The molecule has 108 valence electrons. The van der Waals surface area contributed by atoms with Crippen LogP contribution in [0.2, 0.25) is 0 Å². The van der Waals surface area contributed by atoms with E-state index in [0.717, 1.165) is 12.8 Å². The number of benzene rings is 1. The van der Waals surface area contributed by atoms with Crippen LogP contribution < -0.4 is 4.74 Å². The van der Waals surface area contributed by atoms with Crippen molar-refractivity contribution in [3.05, 3.63) is 52.2 Å². The number of rotatable bonds is 7. The van der Waals surface area contributed by atoms with Crippen molar-refractivity contribution in [1.82, 2.24) is 0 Å². The smallest absolute Gasteiger partial charge is 0.154 e. The van der Waals surface area contributed by atoms with Crippen LogP contribution in [0.1, 0.15) is 29.2 Å². The van der Waals surface area contributed by atoms with Gasteiger partial charge in [-0.25, -0.2) is 0 Å². The van der Waals surface area contributed by atoms with Crippen molar-refractivity contribution in [3.8, 4) is 11.8 Å². The first-order valence-corrected chi connectivity index (χ1v) is 7.71. The molecule has 0 aliphatic heterocycles. The number of carbonyl (C=O) groups is 1. The van der Waals surface area contributed by atoms with Crippen LogP contribution in [0.5, 0.6) is 5.75 Å². The molecule has 1 atom stereocenters. The van der Waals surface area contributed by atoms with Gasteiger partial charge in [-0.1, -0.05) is 18.2 Å². The molecule has 0 aliphatic rings. The number of hydrogen-bond donors (Lipinski definition) is 0. The zero-order valence-electron chi connectivity index (χ0n) is 11.9. The lowest BCUT2D eigenvalue weighted by atomic mass is 9.93. The highest BCUT2D eigenvalue weighted by Crippen LogP contribution is 2.23. The van der Waals surface area contributed by atoms with Crippen LogP contribution in [0.3, 0.4) is 0 Å². The Labute approximate surface area is 128 Å². The largest absolute Gasteiger partial charge is 0.497 e. The van der Waals surface area contributed by atoms with E-state index in [1.807, 2.05) is 11.4 Å². The minimum Gasteiger partial charge on any atom is -0.497 e. The lowest BCUT2D eigenvalue weighted by molar-refractivity contribution is -0.119. The molecule has 0 amide bonds. The van der Waals surface area contributed by atoms with Gasteiger partial charge in [-0.2, -0.15) is 5.26 Å². The zero-order chi connectivity index (χ0) is 15.1. The molecule has 0 saturated heterocycles. The topological polar surface area (TPSA) is 50.1 Å². The molecule has 0 fully saturated rings. The SMILES string of the molecule is COc1cccc(C(C#N)C(=O)CCCc2cccs2)c1. The highest BCUT2D eigenvalue weighted by atomic mass is 32.1. The van der Waals surface area contributed by atoms with Crippen molar-refractivity contribution in [3.63, 3.8) is 0 Å². The molecule has 0 radical (unpaired) electrons. The van der Waals surface area contributed by atoms with Gasteiger partial charge in [0.05, 0.1) is 13.2 Å². The molecule has 0 saturated carbocycles. The number of ketones is 1. The van der Waals surface area contributed by atoms with E-state index in [2.05, 4.69) is 12.1 Å². The summed E-state index contributed by atoms with van der Waals surface area (Å²) in [5.74, 6) is -0.0649. The van der Waals surface area contributed by atoms with Crippen LogP contribution in [0, 0.1) is 11.3 Å². The average molecular weight is 299 g/mol. The van der Waals surface area contributed by atoms with E-state index >= 15 is 0 Å². The Kier molecular flexibility index (Phi) is 5.53. The monoisotopic (exact) mass is 299 g/mol. The number of methoxy groups -OCH3 is 1. The summed E-state index contributed by atoms with van der Waals surface area (Å²) in [6, 6.07) is 13.4. The summed E-state index contributed by atoms with van der Waals surface area (Å²) in [4.78, 5) is 13.5. The molecule has 0 bridgehead atoms. The predicted octanol–water partition coefficient (Wildman–Crippen LogP) is 3.96. The third-order valence-electron chi connectivity index (χ3n) is 3.30. The number of nitriles is 1. The first-order valence-electron chi connectivity index (χ1n) is 6.83. The van der Waals surface area contributed by atoms with E-state index in [4.69, 9.17) is 4.74 Å². The number of ether oxygens (including phenoxy) is 1. The lowest BCUT2D eigenvalue weighted by Crippen LogP contribution is -2.11. The van der Waals surface area contributed by atoms with Gasteiger partial charge in [-0.15, -0.1) is 11.3 Å². The van der Waals surface area contributed by atoms with Gasteiger partial charge in [0.25, 0.3) is 0 Å². The highest BCUT2D eigenvalue weighted by Gasteiger charge is 2.20. The predicted molar refractivity (Wildman–Crippen MR) is 83.6 cm³/mol. The standard InChI is InChI=1S/C17H17NO2S/c1-20-14-6-2-5-13(11-14)16(12-18)17(19)9-3-7-15-8-4-10-21-15/h2,4-6,8,10-11,16H,3,7,9H2,1H3. The Hall–Kier alpha value is -2.12. The van der Waals surface area contributed by atoms with Crippen molar-refractivity contribution in [2.24, 2.45) is 0 Å². The lowest BCUT2D eigenvalue weighted by Gasteiger charge is -2.09. The Balaban J connectivity index is 1.96. The maximum atomic E-state index is 12.2. The van der Waals surface area contributed by atoms with Crippen molar-refractivity contribution < 1.29 is 9.53 Å². The summed E-state index contributed by atoms with van der Waals surface area (Å²) >= 11 is 1.70. The molecule has 1 heterocycles. The van der Waals surface area contributed by atoms with Gasteiger partial charge in [0.15, 0.2) is 5.78 Å². The van der Waals surface area contributed by atoms with Gasteiger partial charge < -0.3 is 4.74 Å². The molecular formula is C17H17NO2S. The molecule has 1 aromatic heterocycles. The maximum Gasteiger partial charge on any atom is 0.154 e. The Morgan fingerprint density at radius 2 is 2.24 bits per heavy atom. The molecule has 0 aliphatic carbocycles. The van der Waals surface area contributed by atoms with Crippen molar-refractivity contribution in [1.29, 1.82) is 5.26 Å². The molecule has 3 nitrogen and oxygen atoms in total. The number of hydrogen-bond acceptors (Lipinski definition) is 4. The molecule has 0 spiro atoms. The fraction of sp³-hybridized carbons (Fsp3) is 0.294. The molecule has 0 N–H and O–H groups in total. The summed E-state index contributed by atoms with van der Waals surface area (Å²) in [6.07, 6.45) is 2.09. The van der Waals surface area contributed by atoms with E-state index in [1.54, 1.807) is 42.7 Å². The zero-order valence-corrected chi connectivity index (χ0v) is 12.7. The average Bonchev–Trinajstić information content (AvgIpc) is 3.01. The molecule has 2 aromatic rings. The molecule has 1 aromatic carbocycles. The Morgan fingerprint density at radius 1 is 1.38 bits per heavy atom. The first-order chi connectivity index (χ1) is 10.2. The van der Waals surface area contributed by atoms with Crippen molar-refractivity contribution in [2.45, 2.75) is 25.2 Å². The summed E-state index contributed by atoms with van der Waals surface area (Å²) in [6.45, 7) is 0. The Morgan fingerprint density at radius 3 is 2.90 bits per heavy atom. The number of nitrogens with zero attached hydrogens (tertiary/aromatic N) is 1. The third kappa shape index (κ3) is 4.17. The molecule has 4 heteroatoms. The fourth-order valence-electron chi connectivity index (χ4n) is 2.19. The van der Waals surface area contributed by atoms with E-state index in [0.29, 0.717) is 17.7 Å². The van der Waals surface area contributed by atoms with Gasteiger partial charge in [-0.3, -0.25) is 4.79 Å².